The Morgan fingerprint density at radius 2 is 1.41 bits per heavy atom. The zero-order valence-electron chi connectivity index (χ0n) is 12.2. The second kappa shape index (κ2) is 6.79. The lowest BCUT2D eigenvalue weighted by Crippen LogP contribution is -2.27. The Hall–Kier alpha value is -1.57. The van der Waals surface area contributed by atoms with Crippen LogP contribution in [0.5, 0.6) is 0 Å². The standard InChI is InChI=1S/C13H3Br2F9N2O/c14-6-2-4(11(16,17)18)1-5(12(19,20)21)8(6)26-3-25-9(13(22,23)24)7(15)10(26)27/h1-3H. The van der Waals surface area contributed by atoms with Gasteiger partial charge < -0.3 is 0 Å². The van der Waals surface area contributed by atoms with Crippen molar-refractivity contribution in [3.8, 4) is 5.69 Å². The van der Waals surface area contributed by atoms with Crippen molar-refractivity contribution in [2.24, 2.45) is 0 Å². The van der Waals surface area contributed by atoms with E-state index in [0.29, 0.717) is 0 Å². The van der Waals surface area contributed by atoms with Crippen LogP contribution in [0.1, 0.15) is 16.8 Å². The van der Waals surface area contributed by atoms with Crippen LogP contribution >= 0.6 is 31.9 Å². The first-order chi connectivity index (χ1) is 12.0. The van der Waals surface area contributed by atoms with Gasteiger partial charge in [0.2, 0.25) is 0 Å². The van der Waals surface area contributed by atoms with Gasteiger partial charge in [0.05, 0.1) is 16.8 Å². The van der Waals surface area contributed by atoms with Gasteiger partial charge in [-0.05, 0) is 44.0 Å². The highest BCUT2D eigenvalue weighted by atomic mass is 79.9. The summed E-state index contributed by atoms with van der Waals surface area (Å²) in [5, 5.41) is 0. The summed E-state index contributed by atoms with van der Waals surface area (Å²) in [6.07, 6.45) is -15.4. The molecule has 0 aliphatic heterocycles. The summed E-state index contributed by atoms with van der Waals surface area (Å²) in [5.41, 5.74) is -7.98. The van der Waals surface area contributed by atoms with Crippen molar-refractivity contribution in [1.82, 2.24) is 9.55 Å². The smallest absolute Gasteiger partial charge is 0.268 e. The Labute approximate surface area is 160 Å². The minimum atomic E-state index is -5.35. The van der Waals surface area contributed by atoms with Gasteiger partial charge in [-0.25, -0.2) is 4.98 Å². The fourth-order valence-corrected chi connectivity index (χ4v) is 3.18. The number of hydrogen-bond acceptors (Lipinski definition) is 2. The first-order valence-electron chi connectivity index (χ1n) is 6.37. The maximum atomic E-state index is 13.3. The van der Waals surface area contributed by atoms with E-state index >= 15 is 0 Å². The third-order valence-corrected chi connectivity index (χ3v) is 4.44. The van der Waals surface area contributed by atoms with Crippen molar-refractivity contribution >= 4 is 31.9 Å². The predicted molar refractivity (Wildman–Crippen MR) is 80.2 cm³/mol. The molecule has 3 nitrogen and oxygen atoms in total. The van der Waals surface area contributed by atoms with Gasteiger partial charge in [0, 0.05) is 4.47 Å². The average molecular weight is 534 g/mol. The van der Waals surface area contributed by atoms with E-state index in [1.54, 1.807) is 0 Å². The third kappa shape index (κ3) is 4.31. The molecule has 0 aliphatic rings. The molecule has 0 atom stereocenters. The largest absolute Gasteiger partial charge is 0.434 e. The summed E-state index contributed by atoms with van der Waals surface area (Å²) < 4.78 is 114. The van der Waals surface area contributed by atoms with Gasteiger partial charge in [-0.15, -0.1) is 0 Å². The molecule has 0 N–H and O–H groups in total. The highest BCUT2D eigenvalue weighted by Gasteiger charge is 2.41. The van der Waals surface area contributed by atoms with Crippen molar-refractivity contribution in [3.63, 3.8) is 0 Å². The SMILES string of the molecule is O=c1c(Br)c(C(F)(F)F)ncn1-c1c(Br)cc(C(F)(F)F)cc1C(F)(F)F. The molecule has 0 saturated carbocycles. The van der Waals surface area contributed by atoms with Crippen LogP contribution in [0, 0.1) is 0 Å². The molecule has 0 unspecified atom stereocenters. The van der Waals surface area contributed by atoms with Crippen LogP contribution < -0.4 is 5.56 Å². The fraction of sp³-hybridized carbons (Fsp3) is 0.231. The van der Waals surface area contributed by atoms with Gasteiger partial charge in [-0.1, -0.05) is 0 Å². The van der Waals surface area contributed by atoms with E-state index < -0.39 is 55.5 Å². The molecule has 1 heterocycles. The van der Waals surface area contributed by atoms with Crippen molar-refractivity contribution < 1.29 is 39.5 Å². The highest BCUT2D eigenvalue weighted by molar-refractivity contribution is 9.10. The number of rotatable bonds is 1. The van der Waals surface area contributed by atoms with Crippen molar-refractivity contribution in [2.75, 3.05) is 0 Å². The van der Waals surface area contributed by atoms with Gasteiger partial charge in [0.15, 0.2) is 5.69 Å². The number of alkyl halides is 9. The number of hydrogen-bond donors (Lipinski definition) is 0. The van der Waals surface area contributed by atoms with E-state index in [9.17, 15) is 44.3 Å². The summed E-state index contributed by atoms with van der Waals surface area (Å²) in [7, 11) is 0. The number of nitrogens with zero attached hydrogens (tertiary/aromatic N) is 2. The number of aromatic nitrogens is 2. The van der Waals surface area contributed by atoms with Crippen LogP contribution in [0.25, 0.3) is 5.69 Å². The average Bonchev–Trinajstić information content (AvgIpc) is 2.46. The van der Waals surface area contributed by atoms with Crippen LogP contribution in [0.3, 0.4) is 0 Å². The first kappa shape index (κ1) is 21.7. The van der Waals surface area contributed by atoms with Gasteiger partial charge in [0.1, 0.15) is 10.8 Å². The van der Waals surface area contributed by atoms with Crippen LogP contribution in [0.2, 0.25) is 0 Å². The summed E-state index contributed by atoms with van der Waals surface area (Å²) in [4.78, 5) is 15.0. The minimum Gasteiger partial charge on any atom is -0.268 e. The second-order valence-electron chi connectivity index (χ2n) is 4.93. The fourth-order valence-electron chi connectivity index (χ4n) is 2.01. The summed E-state index contributed by atoms with van der Waals surface area (Å²) in [5.74, 6) is 0. The molecule has 0 amide bonds. The zero-order valence-corrected chi connectivity index (χ0v) is 15.4. The number of halogens is 11. The Kier molecular flexibility index (Phi) is 5.47. The van der Waals surface area contributed by atoms with E-state index in [1.807, 2.05) is 0 Å². The van der Waals surface area contributed by atoms with Gasteiger partial charge in [-0.2, -0.15) is 39.5 Å². The molecule has 0 aliphatic carbocycles. The Morgan fingerprint density at radius 3 is 1.85 bits per heavy atom. The van der Waals surface area contributed by atoms with E-state index in [4.69, 9.17) is 0 Å². The zero-order chi connectivity index (χ0) is 20.9. The molecule has 14 heteroatoms. The molecule has 148 valence electrons. The van der Waals surface area contributed by atoms with Gasteiger partial charge >= 0.3 is 18.5 Å². The van der Waals surface area contributed by atoms with Crippen molar-refractivity contribution in [2.45, 2.75) is 18.5 Å². The molecule has 0 bridgehead atoms. The molecule has 0 fully saturated rings. The van der Waals surface area contributed by atoms with Crippen LogP contribution in [-0.2, 0) is 18.5 Å². The Bertz CT molecular complexity index is 945. The van der Waals surface area contributed by atoms with Gasteiger partial charge in [-0.3, -0.25) is 9.36 Å². The molecule has 0 spiro atoms. The second-order valence-corrected chi connectivity index (χ2v) is 6.58. The monoisotopic (exact) mass is 532 g/mol. The van der Waals surface area contributed by atoms with E-state index in [1.165, 1.54) is 0 Å². The van der Waals surface area contributed by atoms with Crippen molar-refractivity contribution in [1.29, 1.82) is 0 Å². The molecule has 0 saturated heterocycles. The van der Waals surface area contributed by atoms with Crippen LogP contribution in [0.4, 0.5) is 39.5 Å². The van der Waals surface area contributed by atoms with E-state index in [0.717, 1.165) is 0 Å². The lowest BCUT2D eigenvalue weighted by molar-refractivity contribution is -0.144. The highest BCUT2D eigenvalue weighted by Crippen LogP contribution is 2.42. The topological polar surface area (TPSA) is 34.9 Å². The minimum absolute atomic E-state index is 0.0619. The van der Waals surface area contributed by atoms with E-state index in [-0.39, 0.29) is 23.0 Å². The summed E-state index contributed by atoms with van der Waals surface area (Å²) in [6.45, 7) is 0. The molecule has 1 aromatic heterocycles. The lowest BCUT2D eigenvalue weighted by Gasteiger charge is -2.19. The number of benzene rings is 1. The summed E-state index contributed by atoms with van der Waals surface area (Å²) >= 11 is 4.83. The Balaban J connectivity index is 2.88. The maximum Gasteiger partial charge on any atom is 0.434 e. The molecular weight excluding hydrogens is 531 g/mol. The molecular formula is C13H3Br2F9N2O. The first-order valence-corrected chi connectivity index (χ1v) is 7.96. The molecule has 2 rings (SSSR count). The predicted octanol–water partition coefficient (Wildman–Crippen LogP) is 5.81. The summed E-state index contributed by atoms with van der Waals surface area (Å²) in [6, 6.07) is 0.0146. The van der Waals surface area contributed by atoms with Gasteiger partial charge in [0.25, 0.3) is 5.56 Å². The maximum absolute atomic E-state index is 13.3. The molecule has 2 aromatic rings. The van der Waals surface area contributed by atoms with Crippen LogP contribution in [0.15, 0.2) is 32.2 Å². The Morgan fingerprint density at radius 1 is 0.852 bits per heavy atom. The molecule has 1 aromatic carbocycles. The third-order valence-electron chi connectivity index (χ3n) is 3.12. The quantitative estimate of drug-likeness (QED) is 0.433. The van der Waals surface area contributed by atoms with Crippen LogP contribution in [-0.4, -0.2) is 9.55 Å². The lowest BCUT2D eigenvalue weighted by atomic mass is 10.1. The molecule has 27 heavy (non-hydrogen) atoms. The normalized spacial score (nSPS) is 13.1. The van der Waals surface area contributed by atoms with Crippen molar-refractivity contribution in [3.05, 3.63) is 54.6 Å². The van der Waals surface area contributed by atoms with E-state index in [2.05, 4.69) is 36.8 Å². The molecule has 0 radical (unpaired) electrons.